The average Bonchev–Trinajstić information content (AvgIpc) is 4.12. The van der Waals surface area contributed by atoms with Crippen molar-refractivity contribution in [3.8, 4) is 33.6 Å². The number of nitrogens with zero attached hydrogens (tertiary/aromatic N) is 5. The molecular weight excluding hydrogens is 760 g/mol. The fourth-order valence-corrected chi connectivity index (χ4v) is 8.73. The lowest BCUT2D eigenvalue weighted by molar-refractivity contribution is -0.141. The second-order valence-electron chi connectivity index (χ2n) is 15.3. The van der Waals surface area contributed by atoms with E-state index in [0.29, 0.717) is 48.0 Å². The summed E-state index contributed by atoms with van der Waals surface area (Å²) in [5.41, 5.74) is 11.0. The quantitative estimate of drug-likeness (QED) is 0.106. The highest BCUT2D eigenvalue weighted by molar-refractivity contribution is 5.85. The standard InChI is InChI=1S/C47H49FN8O4/c1-3-54(4-2)41(32-13-7-5-8-14-32)45(57)55-25-11-17-39(55)44-51-29-38(53-44)35-24-23-34(27-36(35)48)30-19-21-31(22-20-30)37-28-50-43(52-37)40-18-12-26-56(40)46(58)42(60-47(49)59)33-15-9-6-10-16-33/h5-10,13-16,19-24,27-29,39-42H,3-4,11-12,17-18,25-26H2,1-2H3,(H2,49,59)(H,50,52)(H,51,53)/t39-,40-,41+,42+/m0/s1. The molecule has 60 heavy (non-hydrogen) atoms. The first-order valence-electron chi connectivity index (χ1n) is 20.7. The fraction of sp³-hybridized carbons (Fsp3) is 0.298. The summed E-state index contributed by atoms with van der Waals surface area (Å²) in [5.74, 6) is 0.601. The molecule has 4 atom stereocenters. The van der Waals surface area contributed by atoms with Gasteiger partial charge in [-0.2, -0.15) is 0 Å². The number of hydrogen-bond acceptors (Lipinski definition) is 7. The van der Waals surface area contributed by atoms with Gasteiger partial charge in [0.1, 0.15) is 23.5 Å². The smallest absolute Gasteiger partial charge is 0.405 e. The zero-order valence-corrected chi connectivity index (χ0v) is 33.8. The number of hydrogen-bond donors (Lipinski definition) is 3. The molecule has 2 aliphatic heterocycles. The van der Waals surface area contributed by atoms with Crippen LogP contribution in [0.25, 0.3) is 33.6 Å². The van der Waals surface area contributed by atoms with Gasteiger partial charge in [-0.05, 0) is 73.2 Å². The second-order valence-corrected chi connectivity index (χ2v) is 15.3. The molecule has 2 saturated heterocycles. The summed E-state index contributed by atoms with van der Waals surface area (Å²) >= 11 is 0. The Morgan fingerprint density at radius 3 is 1.85 bits per heavy atom. The second kappa shape index (κ2) is 17.7. The van der Waals surface area contributed by atoms with Crippen molar-refractivity contribution in [2.75, 3.05) is 26.2 Å². The molecule has 0 spiro atoms. The number of aromatic nitrogens is 4. The van der Waals surface area contributed by atoms with Crippen LogP contribution in [-0.2, 0) is 14.3 Å². The van der Waals surface area contributed by atoms with Crippen LogP contribution in [-0.4, -0.2) is 78.7 Å². The highest BCUT2D eigenvalue weighted by atomic mass is 19.1. The summed E-state index contributed by atoms with van der Waals surface area (Å²) in [5, 5.41) is 0. The maximum Gasteiger partial charge on any atom is 0.405 e. The lowest BCUT2D eigenvalue weighted by Gasteiger charge is -2.34. The number of carbonyl (C=O) groups is 3. The van der Waals surface area contributed by atoms with Crippen molar-refractivity contribution in [2.45, 2.75) is 63.8 Å². The van der Waals surface area contributed by atoms with E-state index in [4.69, 9.17) is 10.5 Å². The number of rotatable bonds is 13. The monoisotopic (exact) mass is 808 g/mol. The van der Waals surface area contributed by atoms with Crippen LogP contribution in [0.3, 0.4) is 0 Å². The number of carbonyl (C=O) groups excluding carboxylic acids is 3. The number of ether oxygens (including phenoxy) is 1. The Kier molecular flexibility index (Phi) is 11.9. The maximum absolute atomic E-state index is 15.9. The Balaban J connectivity index is 0.951. The van der Waals surface area contributed by atoms with E-state index in [1.54, 1.807) is 47.6 Å². The third kappa shape index (κ3) is 8.17. The number of likely N-dealkylation sites (N-methyl/N-ethyl adjacent to an activating group) is 1. The number of nitrogens with one attached hydrogen (secondary N) is 2. The number of imidazole rings is 2. The van der Waals surface area contributed by atoms with E-state index in [1.807, 2.05) is 71.6 Å². The molecule has 308 valence electrons. The number of amides is 3. The number of primary amides is 1. The van der Waals surface area contributed by atoms with Crippen LogP contribution >= 0.6 is 0 Å². The van der Waals surface area contributed by atoms with Gasteiger partial charge in [0.25, 0.3) is 5.91 Å². The van der Waals surface area contributed by atoms with E-state index < -0.39 is 18.2 Å². The van der Waals surface area contributed by atoms with Gasteiger partial charge in [0.05, 0.1) is 35.9 Å². The van der Waals surface area contributed by atoms with Crippen molar-refractivity contribution in [2.24, 2.45) is 5.73 Å². The molecule has 8 rings (SSSR count). The first-order valence-corrected chi connectivity index (χ1v) is 20.7. The van der Waals surface area contributed by atoms with Crippen molar-refractivity contribution in [3.05, 3.63) is 144 Å². The molecule has 12 nitrogen and oxygen atoms in total. The number of benzene rings is 4. The molecule has 4 N–H and O–H groups in total. The van der Waals surface area contributed by atoms with Gasteiger partial charge >= 0.3 is 6.09 Å². The van der Waals surface area contributed by atoms with Crippen molar-refractivity contribution >= 4 is 17.9 Å². The number of halogens is 1. The maximum atomic E-state index is 15.9. The zero-order chi connectivity index (χ0) is 41.8. The van der Waals surface area contributed by atoms with Crippen molar-refractivity contribution in [1.29, 1.82) is 0 Å². The van der Waals surface area contributed by atoms with E-state index in [9.17, 15) is 14.4 Å². The third-order valence-electron chi connectivity index (χ3n) is 11.8. The predicted molar refractivity (Wildman–Crippen MR) is 226 cm³/mol. The number of nitrogens with two attached hydrogens (primary N) is 1. The van der Waals surface area contributed by atoms with Crippen LogP contribution < -0.4 is 5.73 Å². The largest absolute Gasteiger partial charge is 0.431 e. The first kappa shape index (κ1) is 40.2. The zero-order valence-electron chi connectivity index (χ0n) is 33.8. The molecule has 13 heteroatoms. The fourth-order valence-electron chi connectivity index (χ4n) is 8.73. The van der Waals surface area contributed by atoms with Crippen molar-refractivity contribution < 1.29 is 23.5 Å². The Bertz CT molecular complexity index is 2430. The van der Waals surface area contributed by atoms with Gasteiger partial charge in [-0.1, -0.05) is 105 Å². The van der Waals surface area contributed by atoms with Crippen LogP contribution in [0.4, 0.5) is 9.18 Å². The normalized spacial score (nSPS) is 17.5. The highest BCUT2D eigenvalue weighted by Crippen LogP contribution is 2.38. The summed E-state index contributed by atoms with van der Waals surface area (Å²) in [6.45, 7) is 6.77. The van der Waals surface area contributed by atoms with E-state index in [2.05, 4.69) is 38.7 Å². The molecular formula is C47H49FN8O4. The van der Waals surface area contributed by atoms with Gasteiger partial charge < -0.3 is 30.2 Å². The Morgan fingerprint density at radius 2 is 1.27 bits per heavy atom. The van der Waals surface area contributed by atoms with Crippen LogP contribution in [0.2, 0.25) is 0 Å². The summed E-state index contributed by atoms with van der Waals surface area (Å²) in [6, 6.07) is 30.7. The Hall–Kier alpha value is -6.60. The molecule has 2 aliphatic rings. The van der Waals surface area contributed by atoms with E-state index in [1.165, 1.54) is 6.07 Å². The van der Waals surface area contributed by atoms with Gasteiger partial charge in [-0.25, -0.2) is 19.2 Å². The molecule has 0 aliphatic carbocycles. The van der Waals surface area contributed by atoms with Crippen LogP contribution in [0.15, 0.2) is 116 Å². The molecule has 0 saturated carbocycles. The van der Waals surface area contributed by atoms with Gasteiger partial charge in [-0.15, -0.1) is 0 Å². The van der Waals surface area contributed by atoms with E-state index in [-0.39, 0.29) is 29.7 Å². The SMILES string of the molecule is CCN(CC)[C@@H](C(=O)N1CCC[C@H]1c1ncc(-c2ccc(-c3ccc(-c4cnc([C@@H]5CCCN5C(=O)[C@H](OC(N)=O)c5ccccc5)[nH]4)cc3)cc2F)[nH]1)c1ccccc1. The summed E-state index contributed by atoms with van der Waals surface area (Å²) in [6.07, 6.45) is 4.31. The van der Waals surface area contributed by atoms with Crippen LogP contribution in [0.1, 0.15) is 86.5 Å². The van der Waals surface area contributed by atoms with E-state index in [0.717, 1.165) is 60.3 Å². The minimum Gasteiger partial charge on any atom is -0.431 e. The number of likely N-dealkylation sites (tertiary alicyclic amines) is 2. The summed E-state index contributed by atoms with van der Waals surface area (Å²) < 4.78 is 21.2. The lowest BCUT2D eigenvalue weighted by Crippen LogP contribution is -2.43. The van der Waals surface area contributed by atoms with Gasteiger partial charge in [0, 0.05) is 24.2 Å². The molecule has 4 aromatic carbocycles. The molecule has 0 unspecified atom stereocenters. The van der Waals surface area contributed by atoms with Gasteiger partial charge in [-0.3, -0.25) is 14.5 Å². The molecule has 2 aromatic heterocycles. The van der Waals surface area contributed by atoms with Gasteiger partial charge in [0.2, 0.25) is 12.0 Å². The molecule has 6 aromatic rings. The Labute approximate surface area is 348 Å². The molecule has 2 fully saturated rings. The summed E-state index contributed by atoms with van der Waals surface area (Å²) in [4.78, 5) is 61.6. The minimum atomic E-state index is -1.15. The number of H-pyrrole nitrogens is 2. The predicted octanol–water partition coefficient (Wildman–Crippen LogP) is 8.52. The molecule has 4 heterocycles. The van der Waals surface area contributed by atoms with Crippen LogP contribution in [0.5, 0.6) is 0 Å². The molecule has 0 radical (unpaired) electrons. The van der Waals surface area contributed by atoms with Crippen molar-refractivity contribution in [3.63, 3.8) is 0 Å². The van der Waals surface area contributed by atoms with E-state index >= 15 is 4.39 Å². The third-order valence-corrected chi connectivity index (χ3v) is 11.8. The Morgan fingerprint density at radius 1 is 0.733 bits per heavy atom. The first-order chi connectivity index (χ1) is 29.2. The number of aromatic amines is 2. The molecule has 3 amide bonds. The summed E-state index contributed by atoms with van der Waals surface area (Å²) in [7, 11) is 0. The van der Waals surface area contributed by atoms with Gasteiger partial charge in [0.15, 0.2) is 0 Å². The highest BCUT2D eigenvalue weighted by Gasteiger charge is 2.39. The van der Waals surface area contributed by atoms with Crippen LogP contribution in [0, 0.1) is 5.82 Å². The van der Waals surface area contributed by atoms with Crippen molar-refractivity contribution in [1.82, 2.24) is 34.6 Å². The molecule has 0 bridgehead atoms. The minimum absolute atomic E-state index is 0.0540. The average molecular weight is 809 g/mol. The topological polar surface area (TPSA) is 154 Å². The lowest BCUT2D eigenvalue weighted by atomic mass is 10.0.